The first-order chi connectivity index (χ1) is 19.4. The zero-order chi connectivity index (χ0) is 28.2. The number of methoxy groups -OCH3 is 2. The maximum Gasteiger partial charge on any atom is 0.267 e. The van der Waals surface area contributed by atoms with E-state index >= 15 is 0 Å². The highest BCUT2D eigenvalue weighted by molar-refractivity contribution is 5.95. The van der Waals surface area contributed by atoms with Crippen molar-refractivity contribution in [1.29, 1.82) is 0 Å². The molecule has 2 aromatic heterocycles. The van der Waals surface area contributed by atoms with E-state index in [0.29, 0.717) is 47.2 Å². The topological polar surface area (TPSA) is 155 Å². The standard InChI is InChI=1S/C29H28N8O3/c1-17-32-13-22(14-33-17)23-6-4-5-20-15-35-37(16-24(20)23)26(38)8-7-19-9-18(11-25(39-2)27(19)40-3)10-21-12-34-29(31)36-28(21)30/h4-9,11-15H,10,16H2,1-3H3,(H4,30,31,34,36)/b8-7+. The number of anilines is 2. The summed E-state index contributed by atoms with van der Waals surface area (Å²) >= 11 is 0. The number of carbonyl (C=O) groups is 1. The molecule has 11 nitrogen and oxygen atoms in total. The molecule has 0 saturated heterocycles. The summed E-state index contributed by atoms with van der Waals surface area (Å²) in [5.74, 6) is 1.81. The third kappa shape index (κ3) is 5.44. The second kappa shape index (κ2) is 11.2. The van der Waals surface area contributed by atoms with Gasteiger partial charge < -0.3 is 20.9 Å². The van der Waals surface area contributed by atoms with Crippen LogP contribution >= 0.6 is 0 Å². The zero-order valence-corrected chi connectivity index (χ0v) is 22.3. The van der Waals surface area contributed by atoms with Gasteiger partial charge in [-0.15, -0.1) is 0 Å². The number of rotatable bonds is 7. The highest BCUT2D eigenvalue weighted by Crippen LogP contribution is 2.35. The van der Waals surface area contributed by atoms with Crippen LogP contribution in [0, 0.1) is 6.92 Å². The van der Waals surface area contributed by atoms with Crippen LogP contribution in [0.1, 0.15) is 33.6 Å². The maximum absolute atomic E-state index is 13.3. The molecule has 2 aromatic carbocycles. The van der Waals surface area contributed by atoms with E-state index in [-0.39, 0.29) is 11.9 Å². The lowest BCUT2D eigenvalue weighted by molar-refractivity contribution is -0.126. The lowest BCUT2D eigenvalue weighted by Crippen LogP contribution is -2.27. The number of ether oxygens (including phenoxy) is 2. The largest absolute Gasteiger partial charge is 0.493 e. The van der Waals surface area contributed by atoms with Gasteiger partial charge in [0.25, 0.3) is 5.91 Å². The number of benzene rings is 2. The fourth-order valence-corrected chi connectivity index (χ4v) is 4.48. The SMILES string of the molecule is COc1cc(Cc2cnc(N)nc2N)cc(/C=C/C(=O)N2Cc3c(cccc3-c3cnc(C)nc3)C=N2)c1OC. The van der Waals surface area contributed by atoms with Gasteiger partial charge in [0, 0.05) is 53.3 Å². The Kier molecular flexibility index (Phi) is 7.36. The molecule has 0 radical (unpaired) electrons. The normalized spacial score (nSPS) is 12.4. The summed E-state index contributed by atoms with van der Waals surface area (Å²) in [5, 5.41) is 5.79. The molecular weight excluding hydrogens is 508 g/mol. The predicted molar refractivity (Wildman–Crippen MR) is 153 cm³/mol. The molecule has 11 heteroatoms. The first-order valence-electron chi connectivity index (χ1n) is 12.4. The van der Waals surface area contributed by atoms with Crippen LogP contribution in [-0.4, -0.2) is 51.3 Å². The Morgan fingerprint density at radius 1 is 1.07 bits per heavy atom. The van der Waals surface area contributed by atoms with E-state index in [1.165, 1.54) is 11.1 Å². The molecule has 0 fully saturated rings. The van der Waals surface area contributed by atoms with Crippen molar-refractivity contribution in [3.05, 3.63) is 88.6 Å². The minimum atomic E-state index is -0.292. The molecule has 40 heavy (non-hydrogen) atoms. The molecule has 202 valence electrons. The van der Waals surface area contributed by atoms with E-state index in [1.807, 2.05) is 37.3 Å². The van der Waals surface area contributed by atoms with Crippen LogP contribution in [0.25, 0.3) is 17.2 Å². The van der Waals surface area contributed by atoms with E-state index in [4.69, 9.17) is 20.9 Å². The number of fused-ring (bicyclic) bond motifs is 1. The zero-order valence-electron chi connectivity index (χ0n) is 22.3. The van der Waals surface area contributed by atoms with Crippen molar-refractivity contribution in [1.82, 2.24) is 24.9 Å². The van der Waals surface area contributed by atoms with Gasteiger partial charge in [0.05, 0.1) is 27.0 Å². The number of nitrogens with two attached hydrogens (primary N) is 2. The van der Waals surface area contributed by atoms with Crippen molar-refractivity contribution in [2.24, 2.45) is 5.10 Å². The summed E-state index contributed by atoms with van der Waals surface area (Å²) in [5.41, 5.74) is 17.6. The van der Waals surface area contributed by atoms with Crippen LogP contribution in [0.3, 0.4) is 0 Å². The van der Waals surface area contributed by atoms with Crippen molar-refractivity contribution in [3.8, 4) is 22.6 Å². The van der Waals surface area contributed by atoms with E-state index in [9.17, 15) is 4.79 Å². The lowest BCUT2D eigenvalue weighted by atomic mass is 9.96. The molecule has 3 heterocycles. The number of amides is 1. The maximum atomic E-state index is 13.3. The van der Waals surface area contributed by atoms with E-state index < -0.39 is 0 Å². The van der Waals surface area contributed by atoms with Crippen molar-refractivity contribution in [2.75, 3.05) is 25.7 Å². The third-order valence-electron chi connectivity index (χ3n) is 6.49. The summed E-state index contributed by atoms with van der Waals surface area (Å²) in [4.78, 5) is 30.0. The number of hydrogen-bond acceptors (Lipinski definition) is 10. The Bertz CT molecular complexity index is 1630. The molecule has 1 aliphatic rings. The second-order valence-electron chi connectivity index (χ2n) is 9.10. The molecule has 1 aliphatic heterocycles. The monoisotopic (exact) mass is 536 g/mol. The van der Waals surface area contributed by atoms with E-state index in [2.05, 4.69) is 25.0 Å². The molecule has 0 saturated carbocycles. The molecular formula is C29H28N8O3. The lowest BCUT2D eigenvalue weighted by Gasteiger charge is -2.23. The number of nitrogens with zero attached hydrogens (tertiary/aromatic N) is 6. The fraction of sp³-hybridized carbons (Fsp3) is 0.172. The van der Waals surface area contributed by atoms with Crippen LogP contribution in [0.15, 0.2) is 60.1 Å². The van der Waals surface area contributed by atoms with E-state index in [0.717, 1.165) is 27.8 Å². The van der Waals surface area contributed by atoms with Gasteiger partial charge in [0.2, 0.25) is 5.95 Å². The first kappa shape index (κ1) is 26.3. The van der Waals surface area contributed by atoms with Gasteiger partial charge in [-0.2, -0.15) is 10.1 Å². The average Bonchev–Trinajstić information content (AvgIpc) is 2.96. The number of aromatic nitrogens is 4. The molecule has 0 aliphatic carbocycles. The van der Waals surface area contributed by atoms with Gasteiger partial charge in [0.15, 0.2) is 11.5 Å². The highest BCUT2D eigenvalue weighted by Gasteiger charge is 2.21. The third-order valence-corrected chi connectivity index (χ3v) is 6.49. The number of aryl methyl sites for hydroxylation is 1. The van der Waals surface area contributed by atoms with Crippen molar-refractivity contribution < 1.29 is 14.3 Å². The van der Waals surface area contributed by atoms with Crippen LogP contribution < -0.4 is 20.9 Å². The van der Waals surface area contributed by atoms with Gasteiger partial charge in [0.1, 0.15) is 11.6 Å². The fourth-order valence-electron chi connectivity index (χ4n) is 4.48. The van der Waals surface area contributed by atoms with Crippen LogP contribution in [-0.2, 0) is 17.8 Å². The summed E-state index contributed by atoms with van der Waals surface area (Å²) in [6.07, 6.45) is 10.4. The van der Waals surface area contributed by atoms with Gasteiger partial charge in [-0.1, -0.05) is 18.2 Å². The molecule has 0 bridgehead atoms. The highest BCUT2D eigenvalue weighted by atomic mass is 16.5. The van der Waals surface area contributed by atoms with Crippen molar-refractivity contribution in [2.45, 2.75) is 19.9 Å². The summed E-state index contributed by atoms with van der Waals surface area (Å²) in [6, 6.07) is 9.65. The molecule has 4 N–H and O–H groups in total. The Morgan fingerprint density at radius 3 is 2.60 bits per heavy atom. The van der Waals surface area contributed by atoms with Crippen molar-refractivity contribution >= 4 is 30.0 Å². The first-order valence-corrected chi connectivity index (χ1v) is 12.4. The molecule has 0 atom stereocenters. The predicted octanol–water partition coefficient (Wildman–Crippen LogP) is 3.40. The number of hydrazone groups is 1. The average molecular weight is 537 g/mol. The minimum absolute atomic E-state index is 0.109. The van der Waals surface area contributed by atoms with Gasteiger partial charge in [-0.3, -0.25) is 4.79 Å². The van der Waals surface area contributed by atoms with Crippen molar-refractivity contribution in [3.63, 3.8) is 0 Å². The molecule has 1 amide bonds. The Hall–Kier alpha value is -5.32. The number of hydrogen-bond donors (Lipinski definition) is 2. The molecule has 5 rings (SSSR count). The van der Waals surface area contributed by atoms with Crippen LogP contribution in [0.2, 0.25) is 0 Å². The number of nitrogen functional groups attached to an aromatic ring is 2. The smallest absolute Gasteiger partial charge is 0.267 e. The van der Waals surface area contributed by atoms with Gasteiger partial charge in [-0.05, 0) is 41.8 Å². The van der Waals surface area contributed by atoms with E-state index in [1.54, 1.807) is 45.1 Å². The molecule has 4 aromatic rings. The summed E-state index contributed by atoms with van der Waals surface area (Å²) in [7, 11) is 3.10. The van der Waals surface area contributed by atoms with Crippen LogP contribution in [0.4, 0.5) is 11.8 Å². The minimum Gasteiger partial charge on any atom is -0.493 e. The summed E-state index contributed by atoms with van der Waals surface area (Å²) < 4.78 is 11.2. The number of carbonyl (C=O) groups excluding carboxylic acids is 1. The Balaban J connectivity index is 1.41. The van der Waals surface area contributed by atoms with Crippen LogP contribution in [0.5, 0.6) is 11.5 Å². The molecule has 0 spiro atoms. The molecule has 0 unspecified atom stereocenters. The van der Waals surface area contributed by atoms with Gasteiger partial charge in [-0.25, -0.2) is 20.0 Å². The Labute approximate surface area is 231 Å². The quantitative estimate of drug-likeness (QED) is 0.338. The summed E-state index contributed by atoms with van der Waals surface area (Å²) in [6.45, 7) is 2.14. The second-order valence-corrected chi connectivity index (χ2v) is 9.10. The van der Waals surface area contributed by atoms with Gasteiger partial charge >= 0.3 is 0 Å². The Morgan fingerprint density at radius 2 is 1.88 bits per heavy atom.